The molecule has 3 aromatic carbocycles. The Morgan fingerprint density at radius 1 is 1.03 bits per heavy atom. The van der Waals surface area contributed by atoms with Crippen molar-refractivity contribution >= 4 is 57.1 Å². The number of imide groups is 2. The molecule has 0 aromatic heterocycles. The fourth-order valence-corrected chi connectivity index (χ4v) is 3.98. The van der Waals surface area contributed by atoms with Gasteiger partial charge in [-0.3, -0.25) is 14.9 Å². The van der Waals surface area contributed by atoms with Gasteiger partial charge < -0.3 is 4.74 Å². The molecule has 8 heteroatoms. The van der Waals surface area contributed by atoms with Crippen LogP contribution in [0.15, 0.2) is 76.8 Å². The van der Waals surface area contributed by atoms with Crippen molar-refractivity contribution in [2.75, 3.05) is 4.90 Å². The molecule has 166 valence electrons. The number of amides is 4. The lowest BCUT2D eigenvalue weighted by molar-refractivity contribution is -0.122. The molecule has 1 N–H and O–H groups in total. The van der Waals surface area contributed by atoms with Crippen LogP contribution in [0.4, 0.5) is 10.5 Å². The Balaban J connectivity index is 1.65. The predicted molar refractivity (Wildman–Crippen MR) is 130 cm³/mol. The van der Waals surface area contributed by atoms with Crippen LogP contribution in [-0.4, -0.2) is 17.8 Å². The first-order valence-electron chi connectivity index (χ1n) is 9.97. The predicted octanol–water partition coefficient (Wildman–Crippen LogP) is 5.66. The lowest BCUT2D eigenvalue weighted by atomic mass is 10.0. The van der Waals surface area contributed by atoms with Gasteiger partial charge in [0.2, 0.25) is 0 Å². The van der Waals surface area contributed by atoms with Gasteiger partial charge in [0.15, 0.2) is 0 Å². The number of urea groups is 1. The van der Waals surface area contributed by atoms with Gasteiger partial charge in [-0.15, -0.1) is 0 Å². The van der Waals surface area contributed by atoms with Crippen LogP contribution in [0, 0.1) is 6.92 Å². The Hall–Kier alpha value is -3.42. The van der Waals surface area contributed by atoms with Crippen LogP contribution in [0.2, 0.25) is 5.02 Å². The van der Waals surface area contributed by atoms with Crippen LogP contribution in [0.3, 0.4) is 0 Å². The quantitative estimate of drug-likeness (QED) is 0.345. The molecule has 1 heterocycles. The summed E-state index contributed by atoms with van der Waals surface area (Å²) >= 11 is 9.29. The fraction of sp³-hybridized carbons (Fsp3) is 0.0800. The van der Waals surface area contributed by atoms with E-state index in [9.17, 15) is 14.4 Å². The maximum absolute atomic E-state index is 13.2. The third-order valence-corrected chi connectivity index (χ3v) is 5.77. The minimum Gasteiger partial charge on any atom is -0.488 e. The monoisotopic (exact) mass is 524 g/mol. The maximum Gasteiger partial charge on any atom is 0.335 e. The summed E-state index contributed by atoms with van der Waals surface area (Å²) in [6, 6.07) is 18.7. The number of hydrogen-bond acceptors (Lipinski definition) is 4. The van der Waals surface area contributed by atoms with Crippen LogP contribution in [0.1, 0.15) is 16.7 Å². The second kappa shape index (κ2) is 9.60. The number of para-hydroxylation sites is 1. The standard InChI is InChI=1S/C25H18BrClN2O4/c1-15-12-18(26)8-11-21(15)29-24(31)20(23(30)28-25(29)32)13-17-4-2-3-5-22(17)33-14-16-6-9-19(27)10-7-16/h2-13H,14H2,1H3,(H,28,30,32)/b20-13-. The molecule has 0 atom stereocenters. The van der Waals surface area contributed by atoms with Gasteiger partial charge in [0.25, 0.3) is 11.8 Å². The van der Waals surface area contributed by atoms with Gasteiger partial charge in [-0.05, 0) is 60.5 Å². The summed E-state index contributed by atoms with van der Waals surface area (Å²) in [6.07, 6.45) is 1.43. The van der Waals surface area contributed by atoms with Crippen molar-refractivity contribution in [3.05, 3.63) is 98.5 Å². The number of rotatable bonds is 5. The molecule has 1 aliphatic heterocycles. The van der Waals surface area contributed by atoms with Gasteiger partial charge in [-0.25, -0.2) is 9.69 Å². The van der Waals surface area contributed by atoms with E-state index in [0.717, 1.165) is 14.9 Å². The molecular formula is C25H18BrClN2O4. The molecule has 4 amide bonds. The van der Waals surface area contributed by atoms with Gasteiger partial charge in [0.05, 0.1) is 5.69 Å². The van der Waals surface area contributed by atoms with Crippen molar-refractivity contribution in [2.24, 2.45) is 0 Å². The van der Waals surface area contributed by atoms with Crippen molar-refractivity contribution in [2.45, 2.75) is 13.5 Å². The summed E-state index contributed by atoms with van der Waals surface area (Å²) in [5.74, 6) is -0.978. The van der Waals surface area contributed by atoms with E-state index in [1.165, 1.54) is 6.08 Å². The molecule has 1 fully saturated rings. The highest BCUT2D eigenvalue weighted by atomic mass is 79.9. The Labute approximate surface area is 203 Å². The van der Waals surface area contributed by atoms with E-state index < -0.39 is 17.8 Å². The number of carbonyl (C=O) groups excluding carboxylic acids is 3. The molecule has 0 radical (unpaired) electrons. The summed E-state index contributed by atoms with van der Waals surface area (Å²) in [5.41, 5.74) is 2.38. The van der Waals surface area contributed by atoms with Gasteiger partial charge in [0, 0.05) is 15.1 Å². The molecule has 0 saturated carbocycles. The van der Waals surface area contributed by atoms with E-state index in [1.807, 2.05) is 12.1 Å². The number of halogens is 2. The third kappa shape index (κ3) is 4.99. The Kier molecular flexibility index (Phi) is 6.62. The van der Waals surface area contributed by atoms with Crippen molar-refractivity contribution in [3.63, 3.8) is 0 Å². The minimum atomic E-state index is -0.792. The van der Waals surface area contributed by atoms with Crippen molar-refractivity contribution < 1.29 is 19.1 Å². The second-order valence-corrected chi connectivity index (χ2v) is 8.69. The van der Waals surface area contributed by atoms with Gasteiger partial charge in [-0.2, -0.15) is 0 Å². The van der Waals surface area contributed by atoms with Crippen LogP contribution in [-0.2, 0) is 16.2 Å². The summed E-state index contributed by atoms with van der Waals surface area (Å²) in [5, 5.41) is 2.88. The number of hydrogen-bond donors (Lipinski definition) is 1. The number of nitrogens with one attached hydrogen (secondary N) is 1. The van der Waals surface area contributed by atoms with Crippen LogP contribution >= 0.6 is 27.5 Å². The highest BCUT2D eigenvalue weighted by molar-refractivity contribution is 9.10. The summed E-state index contributed by atoms with van der Waals surface area (Å²) in [4.78, 5) is 39.2. The number of anilines is 1. The average molecular weight is 526 g/mol. The zero-order chi connectivity index (χ0) is 23.5. The third-order valence-electron chi connectivity index (χ3n) is 5.03. The zero-order valence-corrected chi connectivity index (χ0v) is 19.8. The van der Waals surface area contributed by atoms with E-state index in [2.05, 4.69) is 21.2 Å². The zero-order valence-electron chi connectivity index (χ0n) is 17.5. The maximum atomic E-state index is 13.2. The van der Waals surface area contributed by atoms with Gasteiger partial charge in [-0.1, -0.05) is 57.9 Å². The van der Waals surface area contributed by atoms with E-state index >= 15 is 0 Å². The molecule has 6 nitrogen and oxygen atoms in total. The number of benzene rings is 3. The molecule has 0 spiro atoms. The molecule has 3 aromatic rings. The first kappa shape index (κ1) is 22.8. The molecule has 33 heavy (non-hydrogen) atoms. The van der Waals surface area contributed by atoms with Crippen LogP contribution in [0.25, 0.3) is 6.08 Å². The fourth-order valence-electron chi connectivity index (χ4n) is 3.37. The second-order valence-electron chi connectivity index (χ2n) is 7.34. The van der Waals surface area contributed by atoms with Crippen molar-refractivity contribution in [1.29, 1.82) is 0 Å². The molecular weight excluding hydrogens is 508 g/mol. The van der Waals surface area contributed by atoms with Crippen LogP contribution in [0.5, 0.6) is 5.75 Å². The number of barbiturate groups is 1. The van der Waals surface area contributed by atoms with E-state index in [4.69, 9.17) is 16.3 Å². The van der Waals surface area contributed by atoms with Gasteiger partial charge in [0.1, 0.15) is 17.9 Å². The summed E-state index contributed by atoms with van der Waals surface area (Å²) in [7, 11) is 0. The summed E-state index contributed by atoms with van der Waals surface area (Å²) < 4.78 is 6.74. The summed E-state index contributed by atoms with van der Waals surface area (Å²) in [6.45, 7) is 2.06. The Morgan fingerprint density at radius 3 is 2.48 bits per heavy atom. The van der Waals surface area contributed by atoms with Crippen molar-refractivity contribution in [3.8, 4) is 5.75 Å². The number of carbonyl (C=O) groups is 3. The Morgan fingerprint density at radius 2 is 1.76 bits per heavy atom. The Bertz CT molecular complexity index is 1290. The molecule has 1 aliphatic rings. The highest BCUT2D eigenvalue weighted by Gasteiger charge is 2.37. The largest absolute Gasteiger partial charge is 0.488 e. The number of ether oxygens (including phenoxy) is 1. The topological polar surface area (TPSA) is 75.7 Å². The molecule has 1 saturated heterocycles. The first-order chi connectivity index (χ1) is 15.8. The minimum absolute atomic E-state index is 0.167. The van der Waals surface area contributed by atoms with Crippen LogP contribution < -0.4 is 15.0 Å². The molecule has 4 rings (SSSR count). The molecule has 0 unspecified atom stereocenters. The normalized spacial score (nSPS) is 15.1. The number of aryl methyl sites for hydroxylation is 1. The first-order valence-corrected chi connectivity index (χ1v) is 11.1. The van der Waals surface area contributed by atoms with Gasteiger partial charge >= 0.3 is 6.03 Å². The lowest BCUT2D eigenvalue weighted by Gasteiger charge is -2.27. The number of nitrogens with zero attached hydrogens (tertiary/aromatic N) is 1. The SMILES string of the molecule is Cc1cc(Br)ccc1N1C(=O)NC(=O)/C(=C/c2ccccc2OCc2ccc(Cl)cc2)C1=O. The van der Waals surface area contributed by atoms with E-state index in [0.29, 0.717) is 27.6 Å². The highest BCUT2D eigenvalue weighted by Crippen LogP contribution is 2.29. The molecule has 0 bridgehead atoms. The molecule has 0 aliphatic carbocycles. The van der Waals surface area contributed by atoms with E-state index in [1.54, 1.807) is 61.5 Å². The average Bonchev–Trinajstić information content (AvgIpc) is 2.78. The van der Waals surface area contributed by atoms with E-state index in [-0.39, 0.29) is 12.2 Å². The van der Waals surface area contributed by atoms with Crippen molar-refractivity contribution in [1.82, 2.24) is 5.32 Å². The smallest absolute Gasteiger partial charge is 0.335 e. The lowest BCUT2D eigenvalue weighted by Crippen LogP contribution is -2.54.